The van der Waals surface area contributed by atoms with Crippen molar-refractivity contribution < 1.29 is 23.8 Å². The normalized spacial score (nSPS) is 14.1. The summed E-state index contributed by atoms with van der Waals surface area (Å²) in [6, 6.07) is 11.7. The first kappa shape index (κ1) is 23.6. The van der Waals surface area contributed by atoms with Crippen molar-refractivity contribution in [2.45, 2.75) is 57.9 Å². The molecule has 1 fully saturated rings. The highest BCUT2D eigenvalue weighted by atomic mass is 16.6. The lowest BCUT2D eigenvalue weighted by atomic mass is 9.95. The average Bonchev–Trinajstić information content (AvgIpc) is 3.22. The molecule has 0 bridgehead atoms. The van der Waals surface area contributed by atoms with Crippen LogP contribution in [0.2, 0.25) is 0 Å². The Morgan fingerprint density at radius 2 is 1.85 bits per heavy atom. The van der Waals surface area contributed by atoms with Gasteiger partial charge in [-0.15, -0.1) is 0 Å². The molecule has 1 N–H and O–H groups in total. The fraction of sp³-hybridized carbons (Fsp3) is 0.423. The van der Waals surface area contributed by atoms with E-state index in [1.807, 2.05) is 36.5 Å². The number of hydrogen-bond donors (Lipinski definition) is 1. The van der Waals surface area contributed by atoms with Crippen molar-refractivity contribution in [1.29, 1.82) is 0 Å². The van der Waals surface area contributed by atoms with Crippen molar-refractivity contribution in [3.05, 3.63) is 42.6 Å². The van der Waals surface area contributed by atoms with Crippen LogP contribution in [0.15, 0.2) is 42.6 Å². The van der Waals surface area contributed by atoms with E-state index in [4.69, 9.17) is 19.2 Å². The Hall–Kier alpha value is -3.55. The highest BCUT2D eigenvalue weighted by molar-refractivity contribution is 5.81. The summed E-state index contributed by atoms with van der Waals surface area (Å²) in [7, 11) is 1.53. The Morgan fingerprint density at radius 3 is 2.62 bits per heavy atom. The molecular weight excluding hydrogens is 434 g/mol. The first-order valence-corrected chi connectivity index (χ1v) is 11.9. The number of anilines is 1. The summed E-state index contributed by atoms with van der Waals surface area (Å²) in [6.45, 7) is 2.01. The fourth-order valence-electron chi connectivity index (χ4n) is 4.29. The fourth-order valence-corrected chi connectivity index (χ4v) is 4.29. The number of imidazole rings is 1. The van der Waals surface area contributed by atoms with Gasteiger partial charge in [0.25, 0.3) is 0 Å². The SMILES string of the molecule is CCOC(=O)CCC(=O)Oc1ccc(-c2nc3ccccn3c2NC2CCCCC2)cc1OC. The van der Waals surface area contributed by atoms with E-state index in [1.165, 1.54) is 26.4 Å². The van der Waals surface area contributed by atoms with Gasteiger partial charge < -0.3 is 19.5 Å². The van der Waals surface area contributed by atoms with Crippen LogP contribution < -0.4 is 14.8 Å². The summed E-state index contributed by atoms with van der Waals surface area (Å²) in [5.74, 6) is 0.718. The van der Waals surface area contributed by atoms with Crippen LogP contribution in [0, 0.1) is 0 Å². The van der Waals surface area contributed by atoms with Crippen LogP contribution in [0.3, 0.4) is 0 Å². The van der Waals surface area contributed by atoms with Crippen molar-refractivity contribution in [3.63, 3.8) is 0 Å². The van der Waals surface area contributed by atoms with Crippen molar-refractivity contribution in [3.8, 4) is 22.8 Å². The Kier molecular flexibility index (Phi) is 7.67. The van der Waals surface area contributed by atoms with Crippen molar-refractivity contribution in [1.82, 2.24) is 9.38 Å². The summed E-state index contributed by atoms with van der Waals surface area (Å²) >= 11 is 0. The molecule has 1 aliphatic carbocycles. The Labute approximate surface area is 199 Å². The molecule has 3 aromatic rings. The van der Waals surface area contributed by atoms with Gasteiger partial charge in [-0.3, -0.25) is 14.0 Å². The summed E-state index contributed by atoms with van der Waals surface area (Å²) < 4.78 is 17.9. The number of carbonyl (C=O) groups excluding carboxylic acids is 2. The third-order valence-corrected chi connectivity index (χ3v) is 5.98. The largest absolute Gasteiger partial charge is 0.493 e. The predicted octanol–water partition coefficient (Wildman–Crippen LogP) is 5.00. The maximum absolute atomic E-state index is 12.2. The lowest BCUT2D eigenvalue weighted by molar-refractivity contribution is -0.146. The predicted molar refractivity (Wildman–Crippen MR) is 129 cm³/mol. The van der Waals surface area contributed by atoms with Crippen molar-refractivity contribution in [2.75, 3.05) is 19.0 Å². The van der Waals surface area contributed by atoms with E-state index in [-0.39, 0.29) is 19.4 Å². The van der Waals surface area contributed by atoms with Gasteiger partial charge in [0.2, 0.25) is 0 Å². The second-order valence-electron chi connectivity index (χ2n) is 8.36. The molecule has 0 unspecified atom stereocenters. The summed E-state index contributed by atoms with van der Waals surface area (Å²) in [6.07, 6.45) is 7.95. The van der Waals surface area contributed by atoms with Gasteiger partial charge >= 0.3 is 11.9 Å². The van der Waals surface area contributed by atoms with Crippen LogP contribution in [0.4, 0.5) is 5.82 Å². The lowest BCUT2D eigenvalue weighted by Crippen LogP contribution is -2.23. The zero-order valence-corrected chi connectivity index (χ0v) is 19.7. The number of benzene rings is 1. The first-order chi connectivity index (χ1) is 16.6. The van der Waals surface area contributed by atoms with Crippen LogP contribution in [0.1, 0.15) is 51.9 Å². The van der Waals surface area contributed by atoms with Gasteiger partial charge in [0, 0.05) is 17.8 Å². The number of carbonyl (C=O) groups is 2. The highest BCUT2D eigenvalue weighted by Gasteiger charge is 2.21. The number of nitrogens with zero attached hydrogens (tertiary/aromatic N) is 2. The van der Waals surface area contributed by atoms with Crippen LogP contribution in [-0.4, -0.2) is 41.1 Å². The monoisotopic (exact) mass is 465 g/mol. The van der Waals surface area contributed by atoms with Gasteiger partial charge in [-0.05, 0) is 50.1 Å². The van der Waals surface area contributed by atoms with Crippen LogP contribution >= 0.6 is 0 Å². The molecular formula is C26H31N3O5. The molecule has 8 nitrogen and oxygen atoms in total. The molecule has 1 saturated carbocycles. The highest BCUT2D eigenvalue weighted by Crippen LogP contribution is 2.37. The summed E-state index contributed by atoms with van der Waals surface area (Å²) in [5, 5.41) is 3.72. The quantitative estimate of drug-likeness (QED) is 0.351. The van der Waals surface area contributed by atoms with Crippen molar-refractivity contribution in [2.24, 2.45) is 0 Å². The Morgan fingerprint density at radius 1 is 1.06 bits per heavy atom. The number of rotatable bonds is 9. The zero-order chi connectivity index (χ0) is 23.9. The van der Waals surface area contributed by atoms with Gasteiger partial charge in [0.1, 0.15) is 17.2 Å². The molecule has 0 aliphatic heterocycles. The molecule has 0 atom stereocenters. The standard InChI is InChI=1S/C26H31N3O5/c1-3-33-23(30)14-15-24(31)34-20-13-12-18(17-21(20)32-2)25-26(27-19-9-5-4-6-10-19)29-16-8-7-11-22(29)28-25/h7-8,11-13,16-17,19,27H,3-6,9-10,14-15H2,1-2H3. The number of hydrogen-bond acceptors (Lipinski definition) is 7. The number of fused-ring (bicyclic) bond motifs is 1. The lowest BCUT2D eigenvalue weighted by Gasteiger charge is -2.24. The second-order valence-corrected chi connectivity index (χ2v) is 8.36. The minimum Gasteiger partial charge on any atom is -0.493 e. The number of esters is 2. The maximum atomic E-state index is 12.2. The number of aromatic nitrogens is 2. The van der Waals surface area contributed by atoms with Crippen LogP contribution in [0.5, 0.6) is 11.5 Å². The average molecular weight is 466 g/mol. The van der Waals surface area contributed by atoms with E-state index in [0.717, 1.165) is 35.6 Å². The van der Waals surface area contributed by atoms with Crippen molar-refractivity contribution >= 4 is 23.4 Å². The second kappa shape index (κ2) is 11.0. The van der Waals surface area contributed by atoms with Crippen LogP contribution in [0.25, 0.3) is 16.9 Å². The van der Waals surface area contributed by atoms with E-state index in [1.54, 1.807) is 13.0 Å². The van der Waals surface area contributed by atoms with Crippen LogP contribution in [-0.2, 0) is 14.3 Å². The Balaban J connectivity index is 1.58. The smallest absolute Gasteiger partial charge is 0.311 e. The molecule has 0 saturated heterocycles. The molecule has 0 radical (unpaired) electrons. The molecule has 0 spiro atoms. The minimum absolute atomic E-state index is 0.0233. The van der Waals surface area contributed by atoms with E-state index < -0.39 is 11.9 Å². The maximum Gasteiger partial charge on any atom is 0.311 e. The molecule has 180 valence electrons. The van der Waals surface area contributed by atoms with Gasteiger partial charge in [-0.25, -0.2) is 4.98 Å². The third kappa shape index (κ3) is 5.50. The zero-order valence-electron chi connectivity index (χ0n) is 19.7. The third-order valence-electron chi connectivity index (χ3n) is 5.98. The topological polar surface area (TPSA) is 91.2 Å². The van der Waals surface area contributed by atoms with E-state index >= 15 is 0 Å². The first-order valence-electron chi connectivity index (χ1n) is 11.9. The molecule has 8 heteroatoms. The molecule has 2 aromatic heterocycles. The number of ether oxygens (including phenoxy) is 3. The van der Waals surface area contributed by atoms with Gasteiger partial charge in [-0.2, -0.15) is 0 Å². The Bertz CT molecular complexity index is 1150. The molecule has 34 heavy (non-hydrogen) atoms. The van der Waals surface area contributed by atoms with Gasteiger partial charge in [-0.1, -0.05) is 25.3 Å². The summed E-state index contributed by atoms with van der Waals surface area (Å²) in [5.41, 5.74) is 2.52. The molecule has 1 aromatic carbocycles. The van der Waals surface area contributed by atoms with E-state index in [0.29, 0.717) is 17.5 Å². The van der Waals surface area contributed by atoms with Gasteiger partial charge in [0.05, 0.1) is 26.6 Å². The van der Waals surface area contributed by atoms with Gasteiger partial charge in [0.15, 0.2) is 11.5 Å². The molecule has 0 amide bonds. The van der Waals surface area contributed by atoms with E-state index in [9.17, 15) is 9.59 Å². The van der Waals surface area contributed by atoms with E-state index in [2.05, 4.69) is 9.72 Å². The molecule has 1 aliphatic rings. The summed E-state index contributed by atoms with van der Waals surface area (Å²) in [4.78, 5) is 28.6. The number of pyridine rings is 1. The molecule has 2 heterocycles. The molecule has 4 rings (SSSR count). The number of nitrogens with one attached hydrogen (secondary N) is 1. The minimum atomic E-state index is -0.522. The number of methoxy groups -OCH3 is 1.